The summed E-state index contributed by atoms with van der Waals surface area (Å²) in [7, 11) is 0. The molecule has 0 radical (unpaired) electrons. The molecule has 0 N–H and O–H groups in total. The summed E-state index contributed by atoms with van der Waals surface area (Å²) < 4.78 is 0. The van der Waals surface area contributed by atoms with E-state index in [4.69, 9.17) is 0 Å². The van der Waals surface area contributed by atoms with Crippen LogP contribution in [0.15, 0.2) is 24.3 Å². The molecule has 0 bridgehead atoms. The first-order valence-corrected chi connectivity index (χ1v) is 6.70. The van der Waals surface area contributed by atoms with E-state index in [1.54, 1.807) is 0 Å². The van der Waals surface area contributed by atoms with Gasteiger partial charge in [0.05, 0.1) is 0 Å². The number of hydrogen-bond donors (Lipinski definition) is 0. The Morgan fingerprint density at radius 3 is 2.06 bits per heavy atom. The average molecular weight is 246 g/mol. The lowest BCUT2D eigenvalue weighted by molar-refractivity contribution is -0.120. The summed E-state index contributed by atoms with van der Waals surface area (Å²) >= 11 is 0. The van der Waals surface area contributed by atoms with Crippen LogP contribution in [0.2, 0.25) is 0 Å². The molecule has 0 saturated carbocycles. The standard InChI is InChI=1S/C17H26O/c1-16(2,3)12-14(18)11-13-9-7-8-10-15(13)17(4,5)6/h7-10H,11-12H2,1-6H3. The minimum Gasteiger partial charge on any atom is -0.299 e. The molecule has 1 aromatic rings. The van der Waals surface area contributed by atoms with Crippen molar-refractivity contribution in [2.45, 2.75) is 59.8 Å². The van der Waals surface area contributed by atoms with Gasteiger partial charge in [0.1, 0.15) is 5.78 Å². The SMILES string of the molecule is CC(C)(C)CC(=O)Cc1ccccc1C(C)(C)C. The second kappa shape index (κ2) is 5.26. The molecule has 0 aliphatic carbocycles. The maximum atomic E-state index is 12.1. The van der Waals surface area contributed by atoms with Gasteiger partial charge in [-0.15, -0.1) is 0 Å². The molecular weight excluding hydrogens is 220 g/mol. The van der Waals surface area contributed by atoms with Crippen LogP contribution in [0.3, 0.4) is 0 Å². The summed E-state index contributed by atoms with van der Waals surface area (Å²) in [6.07, 6.45) is 1.20. The summed E-state index contributed by atoms with van der Waals surface area (Å²) in [5.41, 5.74) is 2.64. The Morgan fingerprint density at radius 2 is 1.56 bits per heavy atom. The molecule has 0 saturated heterocycles. The molecule has 0 aliphatic heterocycles. The van der Waals surface area contributed by atoms with Gasteiger partial charge in [0.15, 0.2) is 0 Å². The molecule has 18 heavy (non-hydrogen) atoms. The maximum Gasteiger partial charge on any atom is 0.137 e. The molecule has 0 aliphatic rings. The van der Waals surface area contributed by atoms with Crippen LogP contribution in [0.5, 0.6) is 0 Å². The average Bonchev–Trinajstić information content (AvgIpc) is 2.13. The van der Waals surface area contributed by atoms with Crippen LogP contribution in [0, 0.1) is 5.41 Å². The van der Waals surface area contributed by atoms with Gasteiger partial charge >= 0.3 is 0 Å². The van der Waals surface area contributed by atoms with Crippen molar-refractivity contribution in [3.05, 3.63) is 35.4 Å². The summed E-state index contributed by atoms with van der Waals surface area (Å²) in [5, 5.41) is 0. The highest BCUT2D eigenvalue weighted by molar-refractivity contribution is 5.81. The normalized spacial score (nSPS) is 12.6. The molecule has 0 spiro atoms. The zero-order chi connectivity index (χ0) is 14.0. The maximum absolute atomic E-state index is 12.1. The van der Waals surface area contributed by atoms with E-state index in [0.717, 1.165) is 0 Å². The van der Waals surface area contributed by atoms with Crippen molar-refractivity contribution < 1.29 is 4.79 Å². The largest absolute Gasteiger partial charge is 0.299 e. The Morgan fingerprint density at radius 1 is 1.00 bits per heavy atom. The molecule has 1 aromatic carbocycles. The summed E-state index contributed by atoms with van der Waals surface area (Å²) in [4.78, 5) is 12.1. The van der Waals surface area contributed by atoms with Crippen molar-refractivity contribution in [2.75, 3.05) is 0 Å². The van der Waals surface area contributed by atoms with Crippen LogP contribution < -0.4 is 0 Å². The summed E-state index contributed by atoms with van der Waals surface area (Å²) in [6.45, 7) is 12.9. The Hall–Kier alpha value is -1.11. The molecular formula is C17H26O. The minimum atomic E-state index is 0.0771. The third-order valence-electron chi connectivity index (χ3n) is 2.94. The van der Waals surface area contributed by atoms with Crippen molar-refractivity contribution in [1.29, 1.82) is 0 Å². The Kier molecular flexibility index (Phi) is 4.37. The highest BCUT2D eigenvalue weighted by atomic mass is 16.1. The van der Waals surface area contributed by atoms with E-state index in [1.165, 1.54) is 11.1 Å². The third kappa shape index (κ3) is 4.64. The fraction of sp³-hybridized carbons (Fsp3) is 0.588. The van der Waals surface area contributed by atoms with Gasteiger partial charge in [-0.3, -0.25) is 4.79 Å². The van der Waals surface area contributed by atoms with Gasteiger partial charge in [-0.05, 0) is 22.0 Å². The monoisotopic (exact) mass is 246 g/mol. The molecule has 100 valence electrons. The van der Waals surface area contributed by atoms with E-state index in [2.05, 4.69) is 59.7 Å². The Balaban J connectivity index is 2.89. The Bertz CT molecular complexity index is 416. The highest BCUT2D eigenvalue weighted by Crippen LogP contribution is 2.27. The number of carbonyl (C=O) groups excluding carboxylic acids is 1. The van der Waals surface area contributed by atoms with E-state index in [-0.39, 0.29) is 10.8 Å². The van der Waals surface area contributed by atoms with Crippen LogP contribution >= 0.6 is 0 Å². The molecule has 0 atom stereocenters. The van der Waals surface area contributed by atoms with Crippen LogP contribution in [-0.2, 0) is 16.6 Å². The first-order chi connectivity index (χ1) is 8.09. The summed E-state index contributed by atoms with van der Waals surface area (Å²) in [5.74, 6) is 0.333. The lowest BCUT2D eigenvalue weighted by Crippen LogP contribution is -2.18. The van der Waals surface area contributed by atoms with E-state index in [0.29, 0.717) is 18.6 Å². The summed E-state index contributed by atoms with van der Waals surface area (Å²) in [6, 6.07) is 8.30. The van der Waals surface area contributed by atoms with Crippen LogP contribution in [0.4, 0.5) is 0 Å². The molecule has 1 nitrogen and oxygen atoms in total. The van der Waals surface area contributed by atoms with Crippen LogP contribution in [-0.4, -0.2) is 5.78 Å². The topological polar surface area (TPSA) is 17.1 Å². The van der Waals surface area contributed by atoms with Gasteiger partial charge in [0.25, 0.3) is 0 Å². The number of Topliss-reactive ketones (excluding diaryl/α,β-unsaturated/α-hetero) is 1. The van der Waals surface area contributed by atoms with Crippen molar-refractivity contribution in [3.63, 3.8) is 0 Å². The van der Waals surface area contributed by atoms with E-state index < -0.39 is 0 Å². The molecule has 0 heterocycles. The number of carbonyl (C=O) groups is 1. The van der Waals surface area contributed by atoms with E-state index in [9.17, 15) is 4.79 Å². The zero-order valence-electron chi connectivity index (χ0n) is 12.6. The van der Waals surface area contributed by atoms with Crippen molar-refractivity contribution in [2.24, 2.45) is 5.41 Å². The van der Waals surface area contributed by atoms with Gasteiger partial charge in [-0.2, -0.15) is 0 Å². The second-order valence-electron chi connectivity index (χ2n) is 7.36. The second-order valence-corrected chi connectivity index (χ2v) is 7.36. The first kappa shape index (κ1) is 14.9. The molecule has 0 fully saturated rings. The highest BCUT2D eigenvalue weighted by Gasteiger charge is 2.21. The van der Waals surface area contributed by atoms with E-state index in [1.807, 2.05) is 6.07 Å². The molecule has 0 unspecified atom stereocenters. The fourth-order valence-electron chi connectivity index (χ4n) is 2.27. The number of hydrogen-bond acceptors (Lipinski definition) is 1. The lowest BCUT2D eigenvalue weighted by Gasteiger charge is -2.23. The van der Waals surface area contributed by atoms with Crippen molar-refractivity contribution in [3.8, 4) is 0 Å². The van der Waals surface area contributed by atoms with Crippen LogP contribution in [0.1, 0.15) is 59.1 Å². The fourth-order valence-corrected chi connectivity index (χ4v) is 2.27. The van der Waals surface area contributed by atoms with Crippen molar-refractivity contribution >= 4 is 5.78 Å². The van der Waals surface area contributed by atoms with Gasteiger partial charge in [0.2, 0.25) is 0 Å². The number of rotatable bonds is 3. The molecule has 0 amide bonds. The molecule has 0 aromatic heterocycles. The Labute approximate surface area is 112 Å². The van der Waals surface area contributed by atoms with Gasteiger partial charge < -0.3 is 0 Å². The van der Waals surface area contributed by atoms with Gasteiger partial charge in [-0.1, -0.05) is 65.8 Å². The predicted octanol–water partition coefficient (Wildman–Crippen LogP) is 4.53. The quantitative estimate of drug-likeness (QED) is 0.765. The molecule has 1 rings (SSSR count). The smallest absolute Gasteiger partial charge is 0.137 e. The first-order valence-electron chi connectivity index (χ1n) is 6.70. The number of ketones is 1. The van der Waals surface area contributed by atoms with Gasteiger partial charge in [0, 0.05) is 12.8 Å². The molecule has 1 heteroatoms. The number of benzene rings is 1. The van der Waals surface area contributed by atoms with E-state index >= 15 is 0 Å². The minimum absolute atomic E-state index is 0.0771. The van der Waals surface area contributed by atoms with Crippen LogP contribution in [0.25, 0.3) is 0 Å². The third-order valence-corrected chi connectivity index (χ3v) is 2.94. The predicted molar refractivity (Wildman–Crippen MR) is 77.9 cm³/mol. The zero-order valence-corrected chi connectivity index (χ0v) is 12.6. The van der Waals surface area contributed by atoms with Crippen molar-refractivity contribution in [1.82, 2.24) is 0 Å². The van der Waals surface area contributed by atoms with Gasteiger partial charge in [-0.25, -0.2) is 0 Å². The lowest BCUT2D eigenvalue weighted by atomic mass is 9.81.